The Morgan fingerprint density at radius 1 is 0.358 bits per heavy atom. The van der Waals surface area contributed by atoms with E-state index in [0.717, 1.165) is 0 Å². The van der Waals surface area contributed by atoms with E-state index < -0.39 is 5.41 Å². The first-order chi connectivity index (χ1) is 26.3. The van der Waals surface area contributed by atoms with E-state index in [1.165, 1.54) is 103 Å². The van der Waals surface area contributed by atoms with Gasteiger partial charge in [0.05, 0.1) is 16.4 Å². The van der Waals surface area contributed by atoms with Crippen molar-refractivity contribution in [2.45, 2.75) is 15.2 Å². The van der Waals surface area contributed by atoms with Crippen molar-refractivity contribution in [2.75, 3.05) is 0 Å². The van der Waals surface area contributed by atoms with Gasteiger partial charge in [0.1, 0.15) is 0 Å². The van der Waals surface area contributed by atoms with Crippen LogP contribution in [0.25, 0.3) is 71.3 Å². The molecule has 1 nitrogen and oxygen atoms in total. The summed E-state index contributed by atoms with van der Waals surface area (Å²) in [6.45, 7) is 0. The fourth-order valence-corrected chi connectivity index (χ4v) is 11.0. The lowest BCUT2D eigenvalue weighted by molar-refractivity contribution is 0.724. The Kier molecular flexibility index (Phi) is 5.98. The summed E-state index contributed by atoms with van der Waals surface area (Å²) in [6, 6.07) is 70.2. The van der Waals surface area contributed by atoms with Crippen LogP contribution in [-0.2, 0) is 5.41 Å². The van der Waals surface area contributed by atoms with E-state index in [9.17, 15) is 0 Å². The molecule has 0 amide bonds. The maximum Gasteiger partial charge on any atom is 0.0736 e. The summed E-state index contributed by atoms with van der Waals surface area (Å²) in [5.74, 6) is 0. The van der Waals surface area contributed by atoms with Gasteiger partial charge in [0.2, 0.25) is 0 Å². The van der Waals surface area contributed by atoms with Gasteiger partial charge < -0.3 is 4.57 Å². The molecule has 1 aliphatic carbocycles. The van der Waals surface area contributed by atoms with Gasteiger partial charge in [-0.1, -0.05) is 182 Å². The predicted molar refractivity (Wildman–Crippen MR) is 223 cm³/mol. The zero-order valence-corrected chi connectivity index (χ0v) is 29.6. The first-order valence-corrected chi connectivity index (χ1v) is 19.2. The second-order valence-electron chi connectivity index (χ2n) is 14.4. The highest BCUT2D eigenvalue weighted by Gasteiger charge is 2.50. The third kappa shape index (κ3) is 3.83. The van der Waals surface area contributed by atoms with Crippen molar-refractivity contribution in [3.05, 3.63) is 210 Å². The van der Waals surface area contributed by atoms with Crippen molar-refractivity contribution in [2.24, 2.45) is 0 Å². The number of nitrogens with zero attached hydrogens (tertiary/aromatic N) is 1. The molecule has 0 fully saturated rings. The van der Waals surface area contributed by atoms with Gasteiger partial charge in [-0.15, -0.1) is 0 Å². The number of aromatic nitrogens is 1. The standard InChI is InChI=1S/C51H31NS/c1-3-15-36-32(12-1)14-11-19-37(36)34-24-27-35(28-25-34)52-48-38-16-4-2-13-33(38)26-29-41(48)42-30-31-46-50(49(42)52)53-47-23-10-9-22-45(47)51(46)43-20-7-5-17-39(43)40-18-6-8-21-44(40)51/h1-31H. The topological polar surface area (TPSA) is 4.93 Å². The van der Waals surface area contributed by atoms with Gasteiger partial charge in [0, 0.05) is 31.6 Å². The second-order valence-corrected chi connectivity index (χ2v) is 15.4. The van der Waals surface area contributed by atoms with E-state index >= 15 is 0 Å². The molecule has 10 aromatic rings. The Balaban J connectivity index is 1.20. The Morgan fingerprint density at radius 3 is 1.70 bits per heavy atom. The summed E-state index contributed by atoms with van der Waals surface area (Å²) in [6.07, 6.45) is 0. The lowest BCUT2D eigenvalue weighted by atomic mass is 9.67. The summed E-state index contributed by atoms with van der Waals surface area (Å²) in [4.78, 5) is 2.64. The summed E-state index contributed by atoms with van der Waals surface area (Å²) >= 11 is 1.93. The van der Waals surface area contributed by atoms with Crippen molar-refractivity contribution in [3.8, 4) is 27.9 Å². The molecular formula is C51H31NS. The van der Waals surface area contributed by atoms with E-state index in [0.29, 0.717) is 0 Å². The van der Waals surface area contributed by atoms with E-state index in [-0.39, 0.29) is 0 Å². The van der Waals surface area contributed by atoms with Gasteiger partial charge in [-0.2, -0.15) is 0 Å². The van der Waals surface area contributed by atoms with Crippen LogP contribution in [0.2, 0.25) is 0 Å². The Hall–Kier alpha value is -6.35. The molecule has 0 radical (unpaired) electrons. The van der Waals surface area contributed by atoms with Crippen LogP contribution in [0.15, 0.2) is 198 Å². The van der Waals surface area contributed by atoms with Crippen LogP contribution in [0, 0.1) is 0 Å². The minimum Gasteiger partial charge on any atom is -0.307 e. The van der Waals surface area contributed by atoms with Crippen molar-refractivity contribution < 1.29 is 0 Å². The first kappa shape index (κ1) is 29.3. The average molecular weight is 690 g/mol. The number of benzene rings is 9. The zero-order valence-electron chi connectivity index (χ0n) is 28.8. The maximum atomic E-state index is 2.57. The van der Waals surface area contributed by atoms with Gasteiger partial charge in [0.15, 0.2) is 0 Å². The predicted octanol–water partition coefficient (Wildman–Crippen LogP) is 13.6. The zero-order chi connectivity index (χ0) is 34.7. The highest BCUT2D eigenvalue weighted by molar-refractivity contribution is 7.99. The van der Waals surface area contributed by atoms with Gasteiger partial charge in [-0.05, 0) is 78.9 Å². The first-order valence-electron chi connectivity index (χ1n) is 18.4. The van der Waals surface area contributed by atoms with Crippen LogP contribution in [0.3, 0.4) is 0 Å². The minimum atomic E-state index is -0.430. The third-order valence-corrected chi connectivity index (χ3v) is 13.0. The molecule has 53 heavy (non-hydrogen) atoms. The fraction of sp³-hybridized carbons (Fsp3) is 0.0196. The number of hydrogen-bond donors (Lipinski definition) is 0. The quantitative estimate of drug-likeness (QED) is 0.175. The van der Waals surface area contributed by atoms with Crippen LogP contribution in [0.1, 0.15) is 22.3 Å². The Morgan fingerprint density at radius 2 is 0.925 bits per heavy atom. The molecule has 12 rings (SSSR count). The van der Waals surface area contributed by atoms with Gasteiger partial charge >= 0.3 is 0 Å². The number of rotatable bonds is 2. The molecule has 2 heterocycles. The van der Waals surface area contributed by atoms with Crippen LogP contribution in [0.4, 0.5) is 0 Å². The SMILES string of the molecule is c1ccc2c(c1)Sc1c(ccc3c4ccc5ccccc5c4n(-c4ccc(-c5cccc6ccccc56)cc4)c13)C21c2ccccc2-c2ccccc21. The molecule has 0 unspecified atom stereocenters. The molecule has 1 aliphatic heterocycles. The molecule has 0 atom stereocenters. The van der Waals surface area contributed by atoms with E-state index in [1.807, 2.05) is 11.8 Å². The third-order valence-electron chi connectivity index (χ3n) is 11.9. The monoisotopic (exact) mass is 689 g/mol. The van der Waals surface area contributed by atoms with E-state index in [2.05, 4.69) is 193 Å². The summed E-state index contributed by atoms with van der Waals surface area (Å²) < 4.78 is 2.57. The molecule has 1 aromatic heterocycles. The molecule has 246 valence electrons. The summed E-state index contributed by atoms with van der Waals surface area (Å²) in [5.41, 5.74) is 13.8. The summed E-state index contributed by atoms with van der Waals surface area (Å²) in [7, 11) is 0. The van der Waals surface area contributed by atoms with Crippen molar-refractivity contribution in [1.29, 1.82) is 0 Å². The Bertz CT molecular complexity index is 3100. The van der Waals surface area contributed by atoms with Crippen LogP contribution >= 0.6 is 11.8 Å². The van der Waals surface area contributed by atoms with E-state index in [4.69, 9.17) is 0 Å². The van der Waals surface area contributed by atoms with Crippen LogP contribution in [0.5, 0.6) is 0 Å². The number of fused-ring (bicyclic) bond motifs is 16. The molecule has 2 heteroatoms. The molecule has 1 spiro atoms. The minimum absolute atomic E-state index is 0.430. The van der Waals surface area contributed by atoms with Gasteiger partial charge in [-0.25, -0.2) is 0 Å². The molecule has 2 aliphatic rings. The maximum absolute atomic E-state index is 2.57. The molecule has 0 N–H and O–H groups in total. The molecule has 0 saturated heterocycles. The van der Waals surface area contributed by atoms with Crippen molar-refractivity contribution in [1.82, 2.24) is 4.57 Å². The highest BCUT2D eigenvalue weighted by atomic mass is 32.2. The molecule has 9 aromatic carbocycles. The normalized spacial score (nSPS) is 13.7. The molecule has 0 saturated carbocycles. The van der Waals surface area contributed by atoms with Gasteiger partial charge in [-0.3, -0.25) is 0 Å². The van der Waals surface area contributed by atoms with Gasteiger partial charge in [0.25, 0.3) is 0 Å². The summed E-state index contributed by atoms with van der Waals surface area (Å²) in [5, 5.41) is 7.61. The van der Waals surface area contributed by atoms with Crippen molar-refractivity contribution >= 4 is 55.1 Å². The Labute approximate surface area is 311 Å². The fourth-order valence-electron chi connectivity index (χ4n) is 9.70. The van der Waals surface area contributed by atoms with E-state index in [1.54, 1.807) is 0 Å². The van der Waals surface area contributed by atoms with Crippen molar-refractivity contribution in [3.63, 3.8) is 0 Å². The van der Waals surface area contributed by atoms with Crippen LogP contribution < -0.4 is 0 Å². The average Bonchev–Trinajstić information content (AvgIpc) is 3.73. The largest absolute Gasteiger partial charge is 0.307 e. The number of hydrogen-bond acceptors (Lipinski definition) is 1. The highest BCUT2D eigenvalue weighted by Crippen LogP contribution is 2.63. The smallest absolute Gasteiger partial charge is 0.0736 e. The lowest BCUT2D eigenvalue weighted by Gasteiger charge is -2.40. The molecule has 0 bridgehead atoms. The molecular weight excluding hydrogens is 659 g/mol. The lowest BCUT2D eigenvalue weighted by Crippen LogP contribution is -2.32. The second kappa shape index (κ2) is 10.8. The van der Waals surface area contributed by atoms with Crippen LogP contribution in [-0.4, -0.2) is 4.57 Å².